The third-order valence-electron chi connectivity index (χ3n) is 7.04. The number of carbonyl (C=O) groups is 1. The lowest BCUT2D eigenvalue weighted by atomic mass is 9.77. The lowest BCUT2D eigenvalue weighted by Gasteiger charge is -2.40. The van der Waals surface area contributed by atoms with E-state index < -0.39 is 40.6 Å². The van der Waals surface area contributed by atoms with Crippen LogP contribution in [0.3, 0.4) is 0 Å². The molecule has 0 spiro atoms. The number of alkyl halides is 3. The highest BCUT2D eigenvalue weighted by atomic mass is 32.1. The Labute approximate surface area is 232 Å². The van der Waals surface area contributed by atoms with Crippen LogP contribution in [0.1, 0.15) is 97.6 Å². The minimum absolute atomic E-state index is 0.213. The van der Waals surface area contributed by atoms with Gasteiger partial charge >= 0.3 is 12.3 Å². The molecule has 0 aliphatic carbocycles. The third kappa shape index (κ3) is 6.67. The molecule has 1 unspecified atom stereocenters. The zero-order valence-electron chi connectivity index (χ0n) is 23.8. The maximum absolute atomic E-state index is 14.0. The molecule has 1 amide bonds. The Kier molecular flexibility index (Phi) is 9.26. The summed E-state index contributed by atoms with van der Waals surface area (Å²) in [7, 11) is 0. The lowest BCUT2D eigenvalue weighted by Crippen LogP contribution is -2.55. The summed E-state index contributed by atoms with van der Waals surface area (Å²) in [6.07, 6.45) is -0.338. The Bertz CT molecular complexity index is 1150. The molecule has 0 radical (unpaired) electrons. The van der Waals surface area contributed by atoms with Crippen LogP contribution in [0.4, 0.5) is 18.0 Å². The fourth-order valence-corrected chi connectivity index (χ4v) is 6.40. The van der Waals surface area contributed by atoms with Gasteiger partial charge in [-0.1, -0.05) is 71.1 Å². The van der Waals surface area contributed by atoms with Crippen LogP contribution in [0.25, 0.3) is 10.6 Å². The summed E-state index contributed by atoms with van der Waals surface area (Å²) in [4.78, 5) is 13.6. The number of hydrogen-bond donors (Lipinski definition) is 1. The summed E-state index contributed by atoms with van der Waals surface area (Å²) in [5.74, 6) is -0.215. The molecule has 1 aliphatic heterocycles. The van der Waals surface area contributed by atoms with E-state index in [0.29, 0.717) is 11.4 Å². The van der Waals surface area contributed by atoms with Gasteiger partial charge in [0.1, 0.15) is 27.0 Å². The minimum atomic E-state index is -4.62. The van der Waals surface area contributed by atoms with Crippen LogP contribution in [0, 0.1) is 5.41 Å². The van der Waals surface area contributed by atoms with E-state index in [4.69, 9.17) is 9.47 Å². The zero-order chi connectivity index (χ0) is 29.2. The molecule has 2 heterocycles. The van der Waals surface area contributed by atoms with Crippen LogP contribution < -0.4 is 4.74 Å². The number of ether oxygens (including phenoxy) is 2. The largest absolute Gasteiger partial charge is 0.493 e. The van der Waals surface area contributed by atoms with Gasteiger partial charge in [-0.15, -0.1) is 10.2 Å². The van der Waals surface area contributed by atoms with Gasteiger partial charge in [-0.05, 0) is 50.8 Å². The van der Waals surface area contributed by atoms with Gasteiger partial charge in [0.15, 0.2) is 0 Å². The molecule has 3 rings (SSSR count). The van der Waals surface area contributed by atoms with Gasteiger partial charge in [0, 0.05) is 5.56 Å². The zero-order valence-corrected chi connectivity index (χ0v) is 24.6. The van der Waals surface area contributed by atoms with Crippen LogP contribution in [-0.2, 0) is 16.5 Å². The van der Waals surface area contributed by atoms with E-state index in [9.17, 15) is 23.1 Å². The number of benzene rings is 1. The molecule has 1 fully saturated rings. The highest BCUT2D eigenvalue weighted by Crippen LogP contribution is 2.53. The molecule has 1 aliphatic rings. The Hall–Kier alpha value is -2.40. The SMILES string of the molecule is CCCCCCCCOc1ccc(-c2nnc([C@]3(C)C(C(C)(C)C)OC(C)(C)N3C(=O)O)s2)cc1C(F)(F)F. The van der Waals surface area contributed by atoms with E-state index in [1.54, 1.807) is 20.8 Å². The van der Waals surface area contributed by atoms with Crippen LogP contribution in [-0.4, -0.2) is 44.7 Å². The van der Waals surface area contributed by atoms with Gasteiger partial charge in [-0.2, -0.15) is 13.2 Å². The maximum Gasteiger partial charge on any atom is 0.419 e. The predicted molar refractivity (Wildman–Crippen MR) is 145 cm³/mol. The summed E-state index contributed by atoms with van der Waals surface area (Å²) < 4.78 is 53.7. The molecule has 1 saturated heterocycles. The maximum atomic E-state index is 14.0. The number of rotatable bonds is 10. The van der Waals surface area contributed by atoms with Crippen LogP contribution in [0.5, 0.6) is 5.75 Å². The van der Waals surface area contributed by atoms with Crippen LogP contribution in [0.2, 0.25) is 0 Å². The van der Waals surface area contributed by atoms with Crippen molar-refractivity contribution < 1.29 is 32.5 Å². The van der Waals surface area contributed by atoms with E-state index in [1.165, 1.54) is 17.0 Å². The second-order valence-electron chi connectivity index (χ2n) is 11.8. The average molecular weight is 572 g/mol. The quantitative estimate of drug-likeness (QED) is 0.289. The van der Waals surface area contributed by atoms with E-state index in [-0.39, 0.29) is 22.9 Å². The molecule has 1 aromatic carbocycles. The highest BCUT2D eigenvalue weighted by molar-refractivity contribution is 7.14. The first-order valence-corrected chi connectivity index (χ1v) is 14.2. The summed E-state index contributed by atoms with van der Waals surface area (Å²) in [5.41, 5.74) is -3.48. The van der Waals surface area contributed by atoms with Gasteiger partial charge in [0.05, 0.1) is 18.3 Å². The van der Waals surface area contributed by atoms with Crippen molar-refractivity contribution in [3.63, 3.8) is 0 Å². The standard InChI is InChI=1S/C28H40F3N3O4S/c1-8-9-10-11-12-13-16-37-20-15-14-18(17-19(20)28(29,30)31)21-32-33-23(39-21)27(7)22(25(2,3)4)38-26(5,6)34(27)24(35)36/h14-15,17,22H,8-13,16H2,1-7H3,(H,35,36)/t22?,27-/m0/s1. The van der Waals surface area contributed by atoms with Crippen LogP contribution in [0.15, 0.2) is 18.2 Å². The van der Waals surface area contributed by atoms with E-state index in [2.05, 4.69) is 17.1 Å². The first-order valence-electron chi connectivity index (χ1n) is 13.4. The van der Waals surface area contributed by atoms with E-state index in [1.807, 2.05) is 20.8 Å². The smallest absolute Gasteiger partial charge is 0.419 e. The van der Waals surface area contributed by atoms with Crippen molar-refractivity contribution in [3.05, 3.63) is 28.8 Å². The molecule has 11 heteroatoms. The van der Waals surface area contributed by atoms with E-state index in [0.717, 1.165) is 49.5 Å². The third-order valence-corrected chi connectivity index (χ3v) is 8.24. The molecule has 39 heavy (non-hydrogen) atoms. The van der Waals surface area contributed by atoms with Crippen molar-refractivity contribution in [3.8, 4) is 16.3 Å². The van der Waals surface area contributed by atoms with Crippen LogP contribution >= 0.6 is 11.3 Å². The molecule has 0 saturated carbocycles. The fraction of sp³-hybridized carbons (Fsp3) is 0.679. The van der Waals surface area contributed by atoms with Crippen molar-refractivity contribution in [1.82, 2.24) is 15.1 Å². The molecular formula is C28H40F3N3O4S. The predicted octanol–water partition coefficient (Wildman–Crippen LogP) is 8.34. The molecule has 2 atom stereocenters. The molecule has 7 nitrogen and oxygen atoms in total. The van der Waals surface area contributed by atoms with E-state index >= 15 is 0 Å². The van der Waals surface area contributed by atoms with Crippen molar-refractivity contribution in [2.75, 3.05) is 6.61 Å². The molecule has 2 aromatic rings. The van der Waals surface area contributed by atoms with Gasteiger partial charge in [0.2, 0.25) is 0 Å². The summed E-state index contributed by atoms with van der Waals surface area (Å²) >= 11 is 1.06. The molecule has 0 bridgehead atoms. The molecule has 1 N–H and O–H groups in total. The normalized spacial score (nSPS) is 21.4. The minimum Gasteiger partial charge on any atom is -0.493 e. The topological polar surface area (TPSA) is 84.8 Å². The number of aromatic nitrogens is 2. The number of nitrogens with zero attached hydrogens (tertiary/aromatic N) is 3. The lowest BCUT2D eigenvalue weighted by molar-refractivity contribution is -0.138. The Morgan fingerprint density at radius 2 is 1.74 bits per heavy atom. The van der Waals surface area contributed by atoms with Crippen molar-refractivity contribution in [2.45, 2.75) is 111 Å². The van der Waals surface area contributed by atoms with Crippen molar-refractivity contribution >= 4 is 17.4 Å². The molecule has 1 aromatic heterocycles. The second kappa shape index (κ2) is 11.6. The van der Waals surface area contributed by atoms with Gasteiger partial charge in [-0.25, -0.2) is 4.79 Å². The highest BCUT2D eigenvalue weighted by Gasteiger charge is 2.63. The number of halogens is 3. The fourth-order valence-electron chi connectivity index (χ4n) is 5.41. The van der Waals surface area contributed by atoms with Crippen molar-refractivity contribution in [2.24, 2.45) is 5.41 Å². The number of unbranched alkanes of at least 4 members (excludes halogenated alkanes) is 5. The summed E-state index contributed by atoms with van der Waals surface area (Å²) in [5, 5.41) is 19.2. The summed E-state index contributed by atoms with van der Waals surface area (Å²) in [6.45, 7) is 13.3. The number of carboxylic acid groups (broad SMARTS) is 1. The number of amides is 1. The van der Waals surface area contributed by atoms with Gasteiger partial charge in [-0.3, -0.25) is 4.90 Å². The Morgan fingerprint density at radius 1 is 1.10 bits per heavy atom. The van der Waals surface area contributed by atoms with Gasteiger partial charge < -0.3 is 14.6 Å². The average Bonchev–Trinajstić information content (AvgIpc) is 3.39. The first-order chi connectivity index (χ1) is 18.0. The summed E-state index contributed by atoms with van der Waals surface area (Å²) in [6, 6.07) is 3.87. The molecule has 218 valence electrons. The van der Waals surface area contributed by atoms with Gasteiger partial charge in [0.25, 0.3) is 0 Å². The first kappa shape index (κ1) is 31.1. The van der Waals surface area contributed by atoms with Crippen molar-refractivity contribution in [1.29, 1.82) is 0 Å². The molecular weight excluding hydrogens is 531 g/mol. The number of hydrogen-bond acceptors (Lipinski definition) is 6. The monoisotopic (exact) mass is 571 g/mol. The second-order valence-corrected chi connectivity index (χ2v) is 12.8. The Balaban J connectivity index is 1.91. The Morgan fingerprint density at radius 3 is 2.33 bits per heavy atom.